The van der Waals surface area contributed by atoms with Crippen molar-refractivity contribution >= 4 is 23.9 Å². The van der Waals surface area contributed by atoms with Crippen molar-refractivity contribution in [2.75, 3.05) is 6.54 Å². The van der Waals surface area contributed by atoms with Gasteiger partial charge in [0.1, 0.15) is 12.1 Å². The topological polar surface area (TPSA) is 165 Å². The van der Waals surface area contributed by atoms with Gasteiger partial charge >= 0.3 is 23.9 Å². The standard InChI is InChI=1S/C15H27N3O7/c1-9(2)16-8-4-3-5-10(13(21)22)17-15(25)18-11(14(23)24)6-7-12(19)20/h9-11,16H,3-8H2,1-2H3,(H,19,20)(H,21,22)(H,23,24)(H2,17,18,25)/t10-,11-/m0/s1. The van der Waals surface area contributed by atoms with Gasteiger partial charge in [0.2, 0.25) is 0 Å². The number of hydrogen-bond donors (Lipinski definition) is 6. The van der Waals surface area contributed by atoms with Gasteiger partial charge in [0.25, 0.3) is 0 Å². The summed E-state index contributed by atoms with van der Waals surface area (Å²) < 4.78 is 0. The second kappa shape index (κ2) is 12.1. The molecule has 0 heterocycles. The monoisotopic (exact) mass is 361 g/mol. The Kier molecular flexibility index (Phi) is 10.9. The van der Waals surface area contributed by atoms with Crippen LogP contribution in [0.15, 0.2) is 0 Å². The first-order valence-electron chi connectivity index (χ1n) is 8.11. The molecule has 144 valence electrons. The van der Waals surface area contributed by atoms with Gasteiger partial charge in [-0.2, -0.15) is 0 Å². The molecule has 0 aliphatic carbocycles. The van der Waals surface area contributed by atoms with Gasteiger partial charge < -0.3 is 31.3 Å². The van der Waals surface area contributed by atoms with E-state index in [4.69, 9.17) is 15.3 Å². The normalized spacial score (nSPS) is 13.1. The minimum atomic E-state index is -1.40. The number of urea groups is 1. The largest absolute Gasteiger partial charge is 0.481 e. The molecule has 0 saturated heterocycles. The minimum absolute atomic E-state index is 0.204. The van der Waals surface area contributed by atoms with Crippen molar-refractivity contribution < 1.29 is 34.5 Å². The summed E-state index contributed by atoms with van der Waals surface area (Å²) in [5.41, 5.74) is 0. The fraction of sp³-hybridized carbons (Fsp3) is 0.733. The van der Waals surface area contributed by atoms with E-state index in [1.165, 1.54) is 0 Å². The summed E-state index contributed by atoms with van der Waals surface area (Å²) in [6.45, 7) is 4.72. The Morgan fingerprint density at radius 3 is 1.80 bits per heavy atom. The molecule has 10 nitrogen and oxygen atoms in total. The third-order valence-electron chi connectivity index (χ3n) is 3.33. The second-order valence-corrected chi connectivity index (χ2v) is 5.94. The molecule has 0 aromatic rings. The smallest absolute Gasteiger partial charge is 0.326 e. The highest BCUT2D eigenvalue weighted by atomic mass is 16.4. The predicted octanol–water partition coefficient (Wildman–Crippen LogP) is 0.225. The molecule has 25 heavy (non-hydrogen) atoms. The number of nitrogens with one attached hydrogen (secondary N) is 3. The van der Waals surface area contributed by atoms with E-state index in [0.29, 0.717) is 12.5 Å². The minimum Gasteiger partial charge on any atom is -0.481 e. The first-order chi connectivity index (χ1) is 11.6. The molecule has 2 amide bonds. The molecule has 2 atom stereocenters. The van der Waals surface area contributed by atoms with E-state index in [1.807, 2.05) is 13.8 Å². The van der Waals surface area contributed by atoms with Crippen LogP contribution in [0.2, 0.25) is 0 Å². The van der Waals surface area contributed by atoms with Crippen LogP contribution in [0, 0.1) is 0 Å². The third kappa shape index (κ3) is 11.8. The van der Waals surface area contributed by atoms with Gasteiger partial charge in [-0.05, 0) is 32.2 Å². The van der Waals surface area contributed by atoms with Crippen molar-refractivity contribution in [3.63, 3.8) is 0 Å². The van der Waals surface area contributed by atoms with Crippen LogP contribution in [0.4, 0.5) is 4.79 Å². The average molecular weight is 361 g/mol. The number of unbranched alkanes of at least 4 members (excludes halogenated alkanes) is 1. The highest BCUT2D eigenvalue weighted by molar-refractivity contribution is 5.86. The zero-order chi connectivity index (χ0) is 19.4. The lowest BCUT2D eigenvalue weighted by atomic mass is 10.1. The Morgan fingerprint density at radius 1 is 0.840 bits per heavy atom. The first kappa shape index (κ1) is 22.6. The molecule has 0 bridgehead atoms. The SMILES string of the molecule is CC(C)NCCCC[C@H](NC(=O)N[C@@H](CCC(=O)O)C(=O)O)C(=O)O. The van der Waals surface area contributed by atoms with Crippen molar-refractivity contribution in [1.29, 1.82) is 0 Å². The molecule has 0 rings (SSSR count). The van der Waals surface area contributed by atoms with Crippen LogP contribution in [-0.4, -0.2) is 63.9 Å². The van der Waals surface area contributed by atoms with Gasteiger partial charge in [-0.3, -0.25) is 4.79 Å². The number of carbonyl (C=O) groups excluding carboxylic acids is 1. The molecule has 0 aliphatic heterocycles. The molecule has 0 aliphatic rings. The van der Waals surface area contributed by atoms with Crippen molar-refractivity contribution in [2.45, 2.75) is 64.1 Å². The highest BCUT2D eigenvalue weighted by Gasteiger charge is 2.24. The van der Waals surface area contributed by atoms with Crippen LogP contribution in [0.3, 0.4) is 0 Å². The zero-order valence-electron chi connectivity index (χ0n) is 14.4. The Bertz CT molecular complexity index is 468. The summed E-state index contributed by atoms with van der Waals surface area (Å²) in [7, 11) is 0. The van der Waals surface area contributed by atoms with Gasteiger partial charge in [-0.25, -0.2) is 14.4 Å². The number of hydrogen-bond acceptors (Lipinski definition) is 5. The van der Waals surface area contributed by atoms with Crippen molar-refractivity contribution in [2.24, 2.45) is 0 Å². The number of rotatable bonds is 13. The lowest BCUT2D eigenvalue weighted by molar-refractivity contribution is -0.140. The Balaban J connectivity index is 4.39. The van der Waals surface area contributed by atoms with Crippen LogP contribution in [-0.2, 0) is 14.4 Å². The summed E-state index contributed by atoms with van der Waals surface area (Å²) in [4.78, 5) is 44.5. The van der Waals surface area contributed by atoms with Crippen molar-refractivity contribution in [1.82, 2.24) is 16.0 Å². The summed E-state index contributed by atoms with van der Waals surface area (Å²) in [6, 6.07) is -3.17. The van der Waals surface area contributed by atoms with Gasteiger partial charge in [-0.1, -0.05) is 13.8 Å². The second-order valence-electron chi connectivity index (χ2n) is 5.94. The van der Waals surface area contributed by atoms with Gasteiger partial charge in [-0.15, -0.1) is 0 Å². The van der Waals surface area contributed by atoms with E-state index in [-0.39, 0.29) is 12.8 Å². The zero-order valence-corrected chi connectivity index (χ0v) is 14.4. The van der Waals surface area contributed by atoms with Gasteiger partial charge in [0, 0.05) is 12.5 Å². The molecule has 0 spiro atoms. The maximum Gasteiger partial charge on any atom is 0.326 e. The maximum atomic E-state index is 11.8. The summed E-state index contributed by atoms with van der Waals surface area (Å²) in [6.07, 6.45) is 0.786. The number of carboxylic acids is 3. The Hall–Kier alpha value is -2.36. The van der Waals surface area contributed by atoms with E-state index in [9.17, 15) is 19.2 Å². The molecule has 0 aromatic heterocycles. The van der Waals surface area contributed by atoms with Crippen LogP contribution >= 0.6 is 0 Å². The number of aliphatic carboxylic acids is 3. The van der Waals surface area contributed by atoms with Crippen LogP contribution in [0.25, 0.3) is 0 Å². The van der Waals surface area contributed by atoms with E-state index < -0.39 is 42.4 Å². The Labute approximate surface area is 146 Å². The fourth-order valence-corrected chi connectivity index (χ4v) is 2.00. The van der Waals surface area contributed by atoms with Gasteiger partial charge in [0.15, 0.2) is 0 Å². The van der Waals surface area contributed by atoms with Crippen LogP contribution in [0.1, 0.15) is 46.0 Å². The summed E-state index contributed by atoms with van der Waals surface area (Å²) in [5.74, 6) is -3.79. The molecule has 6 N–H and O–H groups in total. The van der Waals surface area contributed by atoms with E-state index in [1.54, 1.807) is 0 Å². The van der Waals surface area contributed by atoms with E-state index >= 15 is 0 Å². The van der Waals surface area contributed by atoms with Crippen LogP contribution < -0.4 is 16.0 Å². The average Bonchev–Trinajstić information content (AvgIpc) is 2.48. The van der Waals surface area contributed by atoms with Gasteiger partial charge in [0.05, 0.1) is 0 Å². The molecular formula is C15H27N3O7. The number of carboxylic acid groups (broad SMARTS) is 3. The molecule has 0 unspecified atom stereocenters. The molecule has 0 radical (unpaired) electrons. The maximum absolute atomic E-state index is 11.8. The predicted molar refractivity (Wildman–Crippen MR) is 88.4 cm³/mol. The molecule has 0 saturated carbocycles. The molecule has 10 heteroatoms. The lowest BCUT2D eigenvalue weighted by Gasteiger charge is -2.18. The number of amides is 2. The summed E-state index contributed by atoms with van der Waals surface area (Å²) >= 11 is 0. The fourth-order valence-electron chi connectivity index (χ4n) is 2.00. The first-order valence-corrected chi connectivity index (χ1v) is 8.11. The quantitative estimate of drug-likeness (QED) is 0.254. The van der Waals surface area contributed by atoms with Crippen molar-refractivity contribution in [3.05, 3.63) is 0 Å². The molecule has 0 aromatic carbocycles. The number of carbonyl (C=O) groups is 4. The third-order valence-corrected chi connectivity index (χ3v) is 3.33. The molecular weight excluding hydrogens is 334 g/mol. The van der Waals surface area contributed by atoms with E-state index in [2.05, 4.69) is 16.0 Å². The Morgan fingerprint density at radius 2 is 1.36 bits per heavy atom. The summed E-state index contributed by atoms with van der Waals surface area (Å²) in [5, 5.41) is 34.2. The van der Waals surface area contributed by atoms with E-state index in [0.717, 1.165) is 13.0 Å². The lowest BCUT2D eigenvalue weighted by Crippen LogP contribution is -2.51. The molecule has 0 fully saturated rings. The van der Waals surface area contributed by atoms with Crippen molar-refractivity contribution in [3.8, 4) is 0 Å². The van der Waals surface area contributed by atoms with Crippen LogP contribution in [0.5, 0.6) is 0 Å². The highest BCUT2D eigenvalue weighted by Crippen LogP contribution is 2.03.